The maximum absolute atomic E-state index is 13.9. The SMILES string of the molecule is Cc1ccc2nc(N(Cc3ccncc3)C(=O)C3CCCN3S(=O)(=O)c3ccc(Cl)s3)sc2c1. The smallest absolute Gasteiger partial charge is 0.253 e. The maximum atomic E-state index is 13.9. The van der Waals surface area contributed by atoms with Gasteiger partial charge in [-0.2, -0.15) is 4.31 Å². The zero-order valence-corrected chi connectivity index (χ0v) is 21.4. The van der Waals surface area contributed by atoms with Gasteiger partial charge >= 0.3 is 0 Å². The fourth-order valence-electron chi connectivity index (χ4n) is 4.05. The van der Waals surface area contributed by atoms with Gasteiger partial charge in [-0.3, -0.25) is 14.7 Å². The lowest BCUT2D eigenvalue weighted by molar-refractivity contribution is -0.121. The molecule has 0 bridgehead atoms. The van der Waals surface area contributed by atoms with Gasteiger partial charge in [-0.1, -0.05) is 29.0 Å². The molecule has 1 atom stereocenters. The number of rotatable bonds is 6. The van der Waals surface area contributed by atoms with Gasteiger partial charge in [0.05, 0.1) is 21.1 Å². The largest absolute Gasteiger partial charge is 0.282 e. The van der Waals surface area contributed by atoms with Crippen LogP contribution in [0.5, 0.6) is 0 Å². The summed E-state index contributed by atoms with van der Waals surface area (Å²) in [5, 5.41) is 0.547. The Bertz CT molecular complexity index is 1450. The van der Waals surface area contributed by atoms with Crippen LogP contribution in [0.25, 0.3) is 10.2 Å². The summed E-state index contributed by atoms with van der Waals surface area (Å²) in [5.74, 6) is -0.281. The number of thiophene rings is 1. The second-order valence-electron chi connectivity index (χ2n) is 8.08. The third kappa shape index (κ3) is 4.48. The van der Waals surface area contributed by atoms with Gasteiger partial charge in [0, 0.05) is 18.9 Å². The number of hydrogen-bond donors (Lipinski definition) is 0. The molecule has 34 heavy (non-hydrogen) atoms. The zero-order chi connectivity index (χ0) is 23.9. The van der Waals surface area contributed by atoms with E-state index in [1.807, 2.05) is 37.3 Å². The quantitative estimate of drug-likeness (QED) is 0.345. The molecule has 1 aliphatic heterocycles. The number of nitrogens with zero attached hydrogens (tertiary/aromatic N) is 4. The Morgan fingerprint density at radius 2 is 1.97 bits per heavy atom. The van der Waals surface area contributed by atoms with Crippen molar-refractivity contribution >= 4 is 65.6 Å². The van der Waals surface area contributed by atoms with E-state index in [4.69, 9.17) is 16.6 Å². The number of hydrogen-bond acceptors (Lipinski definition) is 7. The number of anilines is 1. The molecule has 1 fully saturated rings. The molecule has 176 valence electrons. The summed E-state index contributed by atoms with van der Waals surface area (Å²) < 4.78 is 29.5. The molecule has 5 rings (SSSR count). The minimum atomic E-state index is -3.84. The number of sulfonamides is 1. The van der Waals surface area contributed by atoms with E-state index in [9.17, 15) is 13.2 Å². The van der Waals surface area contributed by atoms with Crippen LogP contribution in [0, 0.1) is 6.92 Å². The third-order valence-electron chi connectivity index (χ3n) is 5.72. The molecule has 4 aromatic rings. The van der Waals surface area contributed by atoms with Crippen molar-refractivity contribution in [3.8, 4) is 0 Å². The Labute approximate surface area is 210 Å². The van der Waals surface area contributed by atoms with E-state index in [0.29, 0.717) is 22.3 Å². The van der Waals surface area contributed by atoms with Crippen LogP contribution in [0.1, 0.15) is 24.0 Å². The van der Waals surface area contributed by atoms with E-state index < -0.39 is 16.1 Å². The van der Waals surface area contributed by atoms with Crippen LogP contribution in [0.3, 0.4) is 0 Å². The van der Waals surface area contributed by atoms with Gasteiger partial charge in [-0.15, -0.1) is 11.3 Å². The van der Waals surface area contributed by atoms with Crippen molar-refractivity contribution in [3.63, 3.8) is 0 Å². The maximum Gasteiger partial charge on any atom is 0.253 e. The normalized spacial score (nSPS) is 16.8. The molecule has 0 N–H and O–H groups in total. The Hall–Kier alpha value is -2.37. The number of thiazole rings is 1. The van der Waals surface area contributed by atoms with Crippen molar-refractivity contribution in [1.29, 1.82) is 0 Å². The highest BCUT2D eigenvalue weighted by Gasteiger charge is 2.42. The van der Waals surface area contributed by atoms with Crippen LogP contribution in [0.4, 0.5) is 5.13 Å². The van der Waals surface area contributed by atoms with Crippen molar-refractivity contribution in [2.75, 3.05) is 11.4 Å². The lowest BCUT2D eigenvalue weighted by Gasteiger charge is -2.28. The van der Waals surface area contributed by atoms with Crippen LogP contribution >= 0.6 is 34.3 Å². The van der Waals surface area contributed by atoms with Crippen molar-refractivity contribution < 1.29 is 13.2 Å². The summed E-state index contributed by atoms with van der Waals surface area (Å²) in [7, 11) is -3.84. The summed E-state index contributed by atoms with van der Waals surface area (Å²) in [6.45, 7) is 2.57. The summed E-state index contributed by atoms with van der Waals surface area (Å²) in [6.07, 6.45) is 4.41. The molecule has 0 radical (unpaired) electrons. The Morgan fingerprint density at radius 3 is 2.71 bits per heavy atom. The van der Waals surface area contributed by atoms with E-state index >= 15 is 0 Å². The molecule has 11 heteroatoms. The van der Waals surface area contributed by atoms with E-state index in [1.54, 1.807) is 23.4 Å². The van der Waals surface area contributed by atoms with Crippen LogP contribution in [0.2, 0.25) is 4.34 Å². The molecule has 0 spiro atoms. The predicted molar refractivity (Wildman–Crippen MR) is 136 cm³/mol. The number of halogens is 1. The van der Waals surface area contributed by atoms with Gasteiger partial charge in [-0.05, 0) is 67.3 Å². The minimum Gasteiger partial charge on any atom is -0.282 e. The number of carbonyl (C=O) groups is 1. The number of aryl methyl sites for hydroxylation is 1. The zero-order valence-electron chi connectivity index (χ0n) is 18.2. The molecule has 1 unspecified atom stereocenters. The van der Waals surface area contributed by atoms with Gasteiger partial charge in [0.2, 0.25) is 5.91 Å². The van der Waals surface area contributed by atoms with E-state index in [-0.39, 0.29) is 23.2 Å². The molecule has 1 aliphatic rings. The van der Waals surface area contributed by atoms with E-state index in [1.165, 1.54) is 21.7 Å². The van der Waals surface area contributed by atoms with Gasteiger partial charge in [0.25, 0.3) is 10.0 Å². The minimum absolute atomic E-state index is 0.147. The molecule has 3 aromatic heterocycles. The fraction of sp³-hybridized carbons (Fsp3) is 0.261. The summed E-state index contributed by atoms with van der Waals surface area (Å²) in [5.41, 5.74) is 2.80. The molecule has 0 saturated carbocycles. The van der Waals surface area contributed by atoms with Crippen LogP contribution in [-0.4, -0.2) is 41.2 Å². The summed E-state index contributed by atoms with van der Waals surface area (Å²) >= 11 is 8.42. The van der Waals surface area contributed by atoms with Crippen LogP contribution in [0.15, 0.2) is 59.1 Å². The fourth-order valence-corrected chi connectivity index (χ4v) is 8.38. The van der Waals surface area contributed by atoms with Crippen LogP contribution < -0.4 is 4.90 Å². The predicted octanol–water partition coefficient (Wildman–Crippen LogP) is 5.10. The lowest BCUT2D eigenvalue weighted by Crippen LogP contribution is -2.47. The molecule has 4 heterocycles. The summed E-state index contributed by atoms with van der Waals surface area (Å²) in [4.78, 5) is 24.3. The van der Waals surface area contributed by atoms with Gasteiger partial charge in [-0.25, -0.2) is 13.4 Å². The first-order valence-electron chi connectivity index (χ1n) is 10.7. The number of carbonyl (C=O) groups excluding carboxylic acids is 1. The van der Waals surface area contributed by atoms with E-state index in [0.717, 1.165) is 32.7 Å². The molecule has 7 nitrogen and oxygen atoms in total. The third-order valence-corrected chi connectivity index (χ3v) is 10.4. The highest BCUT2D eigenvalue weighted by atomic mass is 35.5. The average molecular weight is 533 g/mol. The first-order valence-corrected chi connectivity index (χ1v) is 14.1. The second kappa shape index (κ2) is 9.35. The Morgan fingerprint density at radius 1 is 1.18 bits per heavy atom. The average Bonchev–Trinajstić information content (AvgIpc) is 3.57. The van der Waals surface area contributed by atoms with Gasteiger partial charge in [0.15, 0.2) is 5.13 Å². The molecule has 1 aromatic carbocycles. The van der Waals surface area contributed by atoms with Crippen molar-refractivity contribution in [1.82, 2.24) is 14.3 Å². The van der Waals surface area contributed by atoms with Crippen molar-refractivity contribution in [2.45, 2.75) is 36.6 Å². The van der Waals surface area contributed by atoms with E-state index in [2.05, 4.69) is 4.98 Å². The monoisotopic (exact) mass is 532 g/mol. The number of pyridine rings is 1. The van der Waals surface area contributed by atoms with Gasteiger partial charge < -0.3 is 0 Å². The standard InChI is InChI=1S/C23H21ClN4O3S3/c1-15-4-5-17-19(13-15)32-23(26-17)27(14-16-8-10-25-11-9-16)22(29)18-3-2-12-28(18)34(30,31)21-7-6-20(24)33-21/h4-11,13,18H,2-3,12,14H2,1H3. The number of amides is 1. The van der Waals surface area contributed by atoms with Crippen molar-refractivity contribution in [3.05, 3.63) is 70.3 Å². The first kappa shape index (κ1) is 23.4. The topological polar surface area (TPSA) is 83.5 Å². The molecular weight excluding hydrogens is 512 g/mol. The Kier molecular flexibility index (Phi) is 6.43. The molecule has 1 saturated heterocycles. The second-order valence-corrected chi connectivity index (χ2v) is 12.9. The van der Waals surface area contributed by atoms with Crippen molar-refractivity contribution in [2.24, 2.45) is 0 Å². The molecule has 1 amide bonds. The highest BCUT2D eigenvalue weighted by molar-refractivity contribution is 7.91. The lowest BCUT2D eigenvalue weighted by atomic mass is 10.2. The first-order chi connectivity index (χ1) is 16.3. The number of fused-ring (bicyclic) bond motifs is 1. The van der Waals surface area contributed by atoms with Gasteiger partial charge in [0.1, 0.15) is 10.3 Å². The molecular formula is C23H21ClN4O3S3. The number of aromatic nitrogens is 2. The highest BCUT2D eigenvalue weighted by Crippen LogP contribution is 2.35. The summed E-state index contributed by atoms with van der Waals surface area (Å²) in [6, 6.07) is 11.9. The molecule has 0 aliphatic carbocycles. The number of benzene rings is 1. The van der Waals surface area contributed by atoms with Crippen LogP contribution in [-0.2, 0) is 21.4 Å². The Balaban J connectivity index is 1.52.